The number of hydrogen-bond donors (Lipinski definition) is 1. The predicted octanol–water partition coefficient (Wildman–Crippen LogP) is 3.50. The fourth-order valence-corrected chi connectivity index (χ4v) is 4.51. The highest BCUT2D eigenvalue weighted by atomic mass is 32.2. The number of fused-ring (bicyclic) bond motifs is 1. The van der Waals surface area contributed by atoms with Crippen LogP contribution in [-0.4, -0.2) is 53.5 Å². The minimum absolute atomic E-state index is 0.0846. The Morgan fingerprint density at radius 3 is 2.38 bits per heavy atom. The summed E-state index contributed by atoms with van der Waals surface area (Å²) in [7, 11) is -3.52. The summed E-state index contributed by atoms with van der Waals surface area (Å²) in [5, 5.41) is 2.81. The van der Waals surface area contributed by atoms with Gasteiger partial charge >= 0.3 is 0 Å². The lowest BCUT2D eigenvalue weighted by molar-refractivity contribution is -0.121. The van der Waals surface area contributed by atoms with E-state index in [0.29, 0.717) is 50.0 Å². The topological polar surface area (TPSA) is 94.2 Å². The van der Waals surface area contributed by atoms with Crippen LogP contribution in [0.1, 0.15) is 39.2 Å². The first-order valence-corrected chi connectivity index (χ1v) is 13.3. The van der Waals surface area contributed by atoms with E-state index in [1.54, 1.807) is 18.2 Å². The maximum atomic E-state index is 12.3. The van der Waals surface area contributed by atoms with E-state index in [2.05, 4.69) is 26.1 Å². The first-order valence-electron chi connectivity index (χ1n) is 11.4. The molecule has 0 unspecified atom stereocenters. The number of carbonyl (C=O) groups excluding carboxylic acids is 1. The molecule has 0 aliphatic carbocycles. The van der Waals surface area contributed by atoms with Gasteiger partial charge in [0, 0.05) is 19.0 Å². The van der Waals surface area contributed by atoms with Crippen molar-refractivity contribution in [2.45, 2.75) is 39.0 Å². The number of ether oxygens (including phenoxy) is 3. The molecule has 0 radical (unpaired) electrons. The van der Waals surface area contributed by atoms with Crippen LogP contribution in [0, 0.1) is 0 Å². The zero-order valence-electron chi connectivity index (χ0n) is 20.3. The first-order chi connectivity index (χ1) is 16.0. The molecule has 0 atom stereocenters. The smallest absolute Gasteiger partial charge is 0.232 e. The normalized spacial score (nSPS) is 13.3. The van der Waals surface area contributed by atoms with E-state index in [-0.39, 0.29) is 24.3 Å². The van der Waals surface area contributed by atoms with Crippen molar-refractivity contribution in [3.05, 3.63) is 48.0 Å². The molecular weight excluding hydrogens is 456 g/mol. The Kier molecular flexibility index (Phi) is 8.30. The molecule has 3 rings (SSSR count). The summed E-state index contributed by atoms with van der Waals surface area (Å²) in [6, 6.07) is 13.0. The maximum Gasteiger partial charge on any atom is 0.232 e. The Balaban J connectivity index is 1.43. The van der Waals surface area contributed by atoms with E-state index < -0.39 is 10.0 Å². The molecule has 2 aromatic rings. The van der Waals surface area contributed by atoms with Gasteiger partial charge in [0.1, 0.15) is 25.6 Å². The van der Waals surface area contributed by atoms with Gasteiger partial charge in [0.15, 0.2) is 11.5 Å². The molecule has 34 heavy (non-hydrogen) atoms. The van der Waals surface area contributed by atoms with E-state index in [4.69, 9.17) is 14.2 Å². The van der Waals surface area contributed by atoms with Crippen molar-refractivity contribution in [1.29, 1.82) is 0 Å². The largest absolute Gasteiger partial charge is 0.492 e. The number of nitrogens with zero attached hydrogens (tertiary/aromatic N) is 1. The minimum atomic E-state index is -3.52. The molecule has 2 aromatic carbocycles. The van der Waals surface area contributed by atoms with Crippen molar-refractivity contribution in [1.82, 2.24) is 5.32 Å². The Bertz CT molecular complexity index is 1080. The molecule has 1 amide bonds. The molecule has 1 aliphatic heterocycles. The fourth-order valence-electron chi connectivity index (χ4n) is 3.56. The number of hydrogen-bond acceptors (Lipinski definition) is 6. The van der Waals surface area contributed by atoms with E-state index in [9.17, 15) is 13.2 Å². The number of amides is 1. The predicted molar refractivity (Wildman–Crippen MR) is 133 cm³/mol. The molecule has 8 nitrogen and oxygen atoms in total. The van der Waals surface area contributed by atoms with Crippen LogP contribution in [0.5, 0.6) is 17.2 Å². The molecule has 0 spiro atoms. The average Bonchev–Trinajstić information content (AvgIpc) is 2.78. The van der Waals surface area contributed by atoms with Crippen molar-refractivity contribution in [3.8, 4) is 17.2 Å². The summed E-state index contributed by atoms with van der Waals surface area (Å²) in [5.74, 6) is 1.71. The van der Waals surface area contributed by atoms with Crippen molar-refractivity contribution in [2.24, 2.45) is 0 Å². The summed E-state index contributed by atoms with van der Waals surface area (Å²) in [6.45, 7) is 8.26. The molecule has 0 saturated heterocycles. The summed E-state index contributed by atoms with van der Waals surface area (Å²) in [4.78, 5) is 12.2. The Labute approximate surface area is 202 Å². The number of sulfonamides is 1. The first kappa shape index (κ1) is 25.7. The van der Waals surface area contributed by atoms with Crippen molar-refractivity contribution < 1.29 is 27.4 Å². The second kappa shape index (κ2) is 11.0. The lowest BCUT2D eigenvalue weighted by Gasteiger charge is -2.25. The molecule has 0 fully saturated rings. The van der Waals surface area contributed by atoms with Crippen molar-refractivity contribution in [3.63, 3.8) is 0 Å². The molecule has 1 aliphatic rings. The van der Waals surface area contributed by atoms with Crippen molar-refractivity contribution in [2.75, 3.05) is 43.5 Å². The van der Waals surface area contributed by atoms with Gasteiger partial charge in [-0.3, -0.25) is 9.10 Å². The summed E-state index contributed by atoms with van der Waals surface area (Å²) in [5.41, 5.74) is 1.80. The van der Waals surface area contributed by atoms with Crippen LogP contribution in [0.3, 0.4) is 0 Å². The van der Waals surface area contributed by atoms with Gasteiger partial charge in [-0.1, -0.05) is 32.9 Å². The SMILES string of the molecule is CC(C)(C)c1ccc(OCCNC(=O)CCCN(c2ccc3c(c2)OCCO3)S(C)(=O)=O)cc1. The zero-order chi connectivity index (χ0) is 24.8. The van der Waals surface area contributed by atoms with E-state index in [1.807, 2.05) is 24.3 Å². The standard InChI is InChI=1S/C25H34N2O6S/c1-25(2,3)19-7-10-21(11-8-19)31-15-13-26-24(28)6-5-14-27(34(4,29)30)20-9-12-22-23(18-20)33-17-16-32-22/h7-12,18H,5-6,13-17H2,1-4H3,(H,26,28). The highest BCUT2D eigenvalue weighted by Crippen LogP contribution is 2.34. The van der Waals surface area contributed by atoms with Gasteiger partial charge in [-0.2, -0.15) is 0 Å². The Hall–Kier alpha value is -2.94. The molecule has 0 aromatic heterocycles. The zero-order valence-corrected chi connectivity index (χ0v) is 21.1. The highest BCUT2D eigenvalue weighted by molar-refractivity contribution is 7.92. The fraction of sp³-hybridized carbons (Fsp3) is 0.480. The second-order valence-electron chi connectivity index (χ2n) is 9.24. The van der Waals surface area contributed by atoms with Gasteiger partial charge < -0.3 is 19.5 Å². The monoisotopic (exact) mass is 490 g/mol. The van der Waals surface area contributed by atoms with Gasteiger partial charge in [-0.15, -0.1) is 0 Å². The van der Waals surface area contributed by atoms with Gasteiger partial charge in [0.2, 0.25) is 15.9 Å². The number of nitrogens with one attached hydrogen (secondary N) is 1. The van der Waals surface area contributed by atoms with Gasteiger partial charge in [0.25, 0.3) is 0 Å². The van der Waals surface area contributed by atoms with Crippen LogP contribution in [0.25, 0.3) is 0 Å². The van der Waals surface area contributed by atoms with Crippen LogP contribution >= 0.6 is 0 Å². The summed E-state index contributed by atoms with van der Waals surface area (Å²) in [6.07, 6.45) is 1.73. The third-order valence-corrected chi connectivity index (χ3v) is 6.59. The van der Waals surface area contributed by atoms with Crippen LogP contribution in [-0.2, 0) is 20.2 Å². The quantitative estimate of drug-likeness (QED) is 0.513. The number of benzene rings is 2. The maximum absolute atomic E-state index is 12.3. The van der Waals surface area contributed by atoms with Gasteiger partial charge in [-0.05, 0) is 41.7 Å². The van der Waals surface area contributed by atoms with Crippen molar-refractivity contribution >= 4 is 21.6 Å². The van der Waals surface area contributed by atoms with Gasteiger partial charge in [0.05, 0.1) is 18.5 Å². The van der Waals surface area contributed by atoms with Crippen LogP contribution < -0.4 is 23.8 Å². The number of rotatable bonds is 10. The van der Waals surface area contributed by atoms with Crippen LogP contribution in [0.15, 0.2) is 42.5 Å². The lowest BCUT2D eigenvalue weighted by atomic mass is 9.87. The van der Waals surface area contributed by atoms with E-state index in [0.717, 1.165) is 12.0 Å². The Morgan fingerprint density at radius 1 is 1.06 bits per heavy atom. The summed E-state index contributed by atoms with van der Waals surface area (Å²) < 4.78 is 42.7. The molecule has 1 heterocycles. The molecule has 0 saturated carbocycles. The number of carbonyl (C=O) groups is 1. The highest BCUT2D eigenvalue weighted by Gasteiger charge is 2.21. The average molecular weight is 491 g/mol. The third kappa shape index (κ3) is 7.28. The van der Waals surface area contributed by atoms with E-state index >= 15 is 0 Å². The summed E-state index contributed by atoms with van der Waals surface area (Å²) >= 11 is 0. The van der Waals surface area contributed by atoms with Crippen LogP contribution in [0.2, 0.25) is 0 Å². The molecule has 186 valence electrons. The minimum Gasteiger partial charge on any atom is -0.492 e. The number of anilines is 1. The van der Waals surface area contributed by atoms with E-state index in [1.165, 1.54) is 9.87 Å². The molecular formula is C25H34N2O6S. The molecule has 9 heteroatoms. The van der Waals surface area contributed by atoms with Gasteiger partial charge in [-0.25, -0.2) is 8.42 Å². The third-order valence-electron chi connectivity index (χ3n) is 5.39. The molecule has 1 N–H and O–H groups in total. The second-order valence-corrected chi connectivity index (χ2v) is 11.1. The van der Waals surface area contributed by atoms with Crippen LogP contribution in [0.4, 0.5) is 5.69 Å². The lowest BCUT2D eigenvalue weighted by Crippen LogP contribution is -2.33. The molecule has 0 bridgehead atoms. The Morgan fingerprint density at radius 2 is 1.74 bits per heavy atom.